The smallest absolute Gasteiger partial charge is 0.181 e. The largest absolute Gasteiger partial charge is 0.382 e. The second kappa shape index (κ2) is 6.94. The van der Waals surface area contributed by atoms with Crippen molar-refractivity contribution in [2.75, 3.05) is 13.1 Å². The molecular formula is C20H30N4O2S. The Morgan fingerprint density at radius 2 is 2.11 bits per heavy atom. The van der Waals surface area contributed by atoms with Crippen LogP contribution in [0.1, 0.15) is 75.9 Å². The molecule has 3 aliphatic rings. The normalized spacial score (nSPS) is 30.4. The second-order valence-corrected chi connectivity index (χ2v) is 10.0. The highest BCUT2D eigenvalue weighted by molar-refractivity contribution is 7.10. The molecule has 2 atom stereocenters. The number of hydrogen-bond acceptors (Lipinski definition) is 7. The number of thiazole rings is 1. The minimum absolute atomic E-state index is 0.181. The Labute approximate surface area is 165 Å². The zero-order valence-corrected chi connectivity index (χ0v) is 17.3. The SMILES string of the molecule is CC(O)N1CCC(c2nc(C3=NOC4(C3)CC(C)(C)CCC4=N)cs2)CC1. The quantitative estimate of drug-likeness (QED) is 0.823. The van der Waals surface area contributed by atoms with Gasteiger partial charge in [-0.1, -0.05) is 19.0 Å². The molecule has 3 heterocycles. The fourth-order valence-corrected chi connectivity index (χ4v) is 5.66. The van der Waals surface area contributed by atoms with Crippen LogP contribution in [0, 0.1) is 10.8 Å². The van der Waals surface area contributed by atoms with Crippen molar-refractivity contribution in [1.82, 2.24) is 9.88 Å². The summed E-state index contributed by atoms with van der Waals surface area (Å²) < 4.78 is 0. The Kier molecular flexibility index (Phi) is 4.89. The van der Waals surface area contributed by atoms with Gasteiger partial charge < -0.3 is 15.4 Å². The summed E-state index contributed by atoms with van der Waals surface area (Å²) in [7, 11) is 0. The van der Waals surface area contributed by atoms with E-state index < -0.39 is 5.60 Å². The van der Waals surface area contributed by atoms with Crippen LogP contribution in [0.3, 0.4) is 0 Å². The molecule has 1 saturated carbocycles. The molecule has 1 aromatic heterocycles. The Hall–Kier alpha value is -1.31. The lowest BCUT2D eigenvalue weighted by atomic mass is 9.67. The van der Waals surface area contributed by atoms with Gasteiger partial charge >= 0.3 is 0 Å². The van der Waals surface area contributed by atoms with Crippen molar-refractivity contribution in [3.05, 3.63) is 16.1 Å². The first-order valence-electron chi connectivity index (χ1n) is 9.99. The number of piperidine rings is 1. The van der Waals surface area contributed by atoms with E-state index in [0.29, 0.717) is 18.1 Å². The topological polar surface area (TPSA) is 81.8 Å². The van der Waals surface area contributed by atoms with E-state index in [1.54, 1.807) is 11.3 Å². The highest BCUT2D eigenvalue weighted by atomic mass is 32.1. The lowest BCUT2D eigenvalue weighted by Crippen LogP contribution is -2.46. The van der Waals surface area contributed by atoms with Gasteiger partial charge in [-0.25, -0.2) is 4.98 Å². The van der Waals surface area contributed by atoms with Crippen LogP contribution in [0.2, 0.25) is 0 Å². The van der Waals surface area contributed by atoms with Gasteiger partial charge in [-0.3, -0.25) is 4.90 Å². The average Bonchev–Trinajstić information content (AvgIpc) is 3.26. The molecule has 1 aromatic rings. The monoisotopic (exact) mass is 390 g/mol. The van der Waals surface area contributed by atoms with Crippen LogP contribution in [-0.4, -0.2) is 51.3 Å². The van der Waals surface area contributed by atoms with E-state index in [1.165, 1.54) is 0 Å². The van der Waals surface area contributed by atoms with Crippen molar-refractivity contribution in [2.24, 2.45) is 10.6 Å². The van der Waals surface area contributed by atoms with Crippen LogP contribution in [0.4, 0.5) is 0 Å². The summed E-state index contributed by atoms with van der Waals surface area (Å²) >= 11 is 1.71. The molecule has 1 aliphatic carbocycles. The predicted molar refractivity (Wildman–Crippen MR) is 108 cm³/mol. The number of oxime groups is 1. The van der Waals surface area contributed by atoms with Crippen LogP contribution in [-0.2, 0) is 4.84 Å². The first-order chi connectivity index (χ1) is 12.8. The molecule has 1 saturated heterocycles. The van der Waals surface area contributed by atoms with Crippen molar-refractivity contribution >= 4 is 22.8 Å². The van der Waals surface area contributed by atoms with Crippen LogP contribution < -0.4 is 0 Å². The van der Waals surface area contributed by atoms with Gasteiger partial charge in [0.1, 0.15) is 11.9 Å². The maximum Gasteiger partial charge on any atom is 0.181 e. The van der Waals surface area contributed by atoms with Gasteiger partial charge in [-0.2, -0.15) is 0 Å². The van der Waals surface area contributed by atoms with E-state index in [1.807, 2.05) is 6.92 Å². The molecule has 0 bridgehead atoms. The second-order valence-electron chi connectivity index (χ2n) is 9.13. The van der Waals surface area contributed by atoms with Gasteiger partial charge in [-0.15, -0.1) is 11.3 Å². The van der Waals surface area contributed by atoms with Crippen LogP contribution in [0.25, 0.3) is 0 Å². The maximum atomic E-state index is 9.73. The van der Waals surface area contributed by atoms with Crippen molar-refractivity contribution < 1.29 is 9.94 Å². The average molecular weight is 391 g/mol. The number of nitrogens with one attached hydrogen (secondary N) is 1. The van der Waals surface area contributed by atoms with Crippen molar-refractivity contribution in [3.8, 4) is 0 Å². The minimum atomic E-state index is -0.552. The molecule has 1 spiro atoms. The van der Waals surface area contributed by atoms with Crippen LogP contribution in [0.5, 0.6) is 0 Å². The number of aromatic nitrogens is 1. The van der Waals surface area contributed by atoms with Gasteiger partial charge in [0, 0.05) is 37.2 Å². The zero-order valence-electron chi connectivity index (χ0n) is 16.5. The fraction of sp³-hybridized carbons (Fsp3) is 0.750. The van der Waals surface area contributed by atoms with Gasteiger partial charge in [-0.05, 0) is 38.0 Å². The van der Waals surface area contributed by atoms with Crippen LogP contribution in [0.15, 0.2) is 10.5 Å². The Bertz CT molecular complexity index is 749. The van der Waals surface area contributed by atoms with Gasteiger partial charge in [0.25, 0.3) is 0 Å². The molecule has 0 aromatic carbocycles. The van der Waals surface area contributed by atoms with Crippen molar-refractivity contribution in [3.63, 3.8) is 0 Å². The van der Waals surface area contributed by atoms with E-state index in [9.17, 15) is 5.11 Å². The molecule has 0 amide bonds. The third kappa shape index (κ3) is 3.69. The van der Waals surface area contributed by atoms with E-state index in [-0.39, 0.29) is 11.6 Å². The number of nitrogens with zero attached hydrogens (tertiary/aromatic N) is 3. The molecule has 4 rings (SSSR count). The first-order valence-corrected chi connectivity index (χ1v) is 10.9. The number of aliphatic hydroxyl groups is 1. The van der Waals surface area contributed by atoms with Crippen molar-refractivity contribution in [1.29, 1.82) is 5.41 Å². The van der Waals surface area contributed by atoms with E-state index in [2.05, 4.69) is 29.3 Å². The third-order valence-electron chi connectivity index (χ3n) is 6.37. The molecule has 2 aliphatic heterocycles. The van der Waals surface area contributed by atoms with E-state index >= 15 is 0 Å². The van der Waals surface area contributed by atoms with Gasteiger partial charge in [0.05, 0.1) is 16.4 Å². The predicted octanol–water partition coefficient (Wildman–Crippen LogP) is 3.75. The van der Waals surface area contributed by atoms with E-state index in [4.69, 9.17) is 15.2 Å². The summed E-state index contributed by atoms with van der Waals surface area (Å²) in [4.78, 5) is 12.9. The lowest BCUT2D eigenvalue weighted by molar-refractivity contribution is -0.00977. The highest BCUT2D eigenvalue weighted by Crippen LogP contribution is 2.45. The molecule has 0 radical (unpaired) electrons. The Balaban J connectivity index is 1.43. The van der Waals surface area contributed by atoms with Gasteiger partial charge in [0.15, 0.2) is 5.60 Å². The Morgan fingerprint density at radius 3 is 2.81 bits per heavy atom. The first kappa shape index (κ1) is 19.0. The summed E-state index contributed by atoms with van der Waals surface area (Å²) in [6.45, 7) is 8.17. The zero-order chi connectivity index (χ0) is 19.2. The maximum absolute atomic E-state index is 9.73. The molecule has 148 valence electrons. The van der Waals surface area contributed by atoms with Crippen LogP contribution >= 0.6 is 11.3 Å². The Morgan fingerprint density at radius 1 is 1.37 bits per heavy atom. The molecule has 2 N–H and O–H groups in total. The number of aliphatic hydroxyl groups excluding tert-OH is 1. The summed E-state index contributed by atoms with van der Waals surface area (Å²) in [5, 5.41) is 25.8. The van der Waals surface area contributed by atoms with Gasteiger partial charge in [0.2, 0.25) is 0 Å². The number of hydrogen-bond donors (Lipinski definition) is 2. The molecule has 7 heteroatoms. The van der Waals surface area contributed by atoms with E-state index in [0.717, 1.165) is 61.6 Å². The molecule has 27 heavy (non-hydrogen) atoms. The number of likely N-dealkylation sites (tertiary alicyclic amines) is 1. The highest BCUT2D eigenvalue weighted by Gasteiger charge is 2.50. The number of rotatable bonds is 3. The molecule has 2 fully saturated rings. The molecule has 2 unspecified atom stereocenters. The molecule has 6 nitrogen and oxygen atoms in total. The molecular weight excluding hydrogens is 360 g/mol. The minimum Gasteiger partial charge on any atom is -0.382 e. The summed E-state index contributed by atoms with van der Waals surface area (Å²) in [5.41, 5.74) is 2.12. The summed E-state index contributed by atoms with van der Waals surface area (Å²) in [5.74, 6) is 0.461. The summed E-state index contributed by atoms with van der Waals surface area (Å²) in [6.07, 6.45) is 5.04. The van der Waals surface area contributed by atoms with Crippen molar-refractivity contribution in [2.45, 2.75) is 77.0 Å². The lowest BCUT2D eigenvalue weighted by Gasteiger charge is -2.40. The standard InChI is InChI=1S/C20H30N4O2S/c1-13(25)24-8-5-14(6-9-24)18-22-16(11-27-18)15-10-20(26-23-15)12-19(2,3)7-4-17(20)21/h11,13-14,21,25H,4-10,12H2,1-3H3. The summed E-state index contributed by atoms with van der Waals surface area (Å²) in [6, 6.07) is 0. The third-order valence-corrected chi connectivity index (χ3v) is 7.38. The fourth-order valence-electron chi connectivity index (χ4n) is 4.66.